The van der Waals surface area contributed by atoms with Crippen LogP contribution in [0.1, 0.15) is 47.0 Å². The average molecular weight is 338 g/mol. The second-order valence-corrected chi connectivity index (χ2v) is 6.16. The molecule has 0 aliphatic heterocycles. The molecule has 2 unspecified atom stereocenters. The van der Waals surface area contributed by atoms with Crippen LogP contribution in [0.5, 0.6) is 0 Å². The molecule has 0 N–H and O–H groups in total. The first-order valence-corrected chi connectivity index (χ1v) is 8.87. The fourth-order valence-corrected chi connectivity index (χ4v) is 3.76. The van der Waals surface area contributed by atoms with Crippen molar-refractivity contribution in [3.63, 3.8) is 0 Å². The average Bonchev–Trinajstić information content (AvgIpc) is 2.61. The summed E-state index contributed by atoms with van der Waals surface area (Å²) in [5, 5.41) is 0. The Hall–Kier alpha value is -1.13. The summed E-state index contributed by atoms with van der Waals surface area (Å²) in [5.41, 5.74) is 2.92. The molecule has 0 aromatic heterocycles. The molecule has 0 spiro atoms. The van der Waals surface area contributed by atoms with E-state index in [4.69, 9.17) is 4.52 Å². The molecule has 0 saturated heterocycles. The number of allylic oxidation sites excluding steroid dienone is 3. The summed E-state index contributed by atoms with van der Waals surface area (Å²) in [4.78, 5) is 12.6. The molecule has 2 rings (SSSR count). The van der Waals surface area contributed by atoms with Crippen molar-refractivity contribution in [2.75, 3.05) is 0 Å². The van der Waals surface area contributed by atoms with Crippen molar-refractivity contribution in [3.8, 4) is 0 Å². The SMILES string of the molecule is CCC1=CC(CC)(c2ccccc2)C(C(=O)OP=O)C(CC)=C1.[H-].[Li+]. The molecule has 24 heavy (non-hydrogen) atoms. The molecule has 124 valence electrons. The second kappa shape index (κ2) is 9.38. The summed E-state index contributed by atoms with van der Waals surface area (Å²) in [6, 6.07) is 10.1. The molecule has 1 aromatic carbocycles. The van der Waals surface area contributed by atoms with E-state index in [2.05, 4.69) is 38.1 Å². The van der Waals surface area contributed by atoms with Crippen molar-refractivity contribution >= 4 is 14.7 Å². The summed E-state index contributed by atoms with van der Waals surface area (Å²) in [7, 11) is -0.592. The predicted octanol–water partition coefficient (Wildman–Crippen LogP) is 2.50. The summed E-state index contributed by atoms with van der Waals surface area (Å²) in [6.45, 7) is 6.26. The van der Waals surface area contributed by atoms with E-state index >= 15 is 0 Å². The first-order valence-electron chi connectivity index (χ1n) is 8.14. The van der Waals surface area contributed by atoms with Gasteiger partial charge in [0.25, 0.3) is 0 Å². The van der Waals surface area contributed by atoms with Gasteiger partial charge < -0.3 is 5.95 Å². The standard InChI is InChI=1S/C19H23O3P.Li.H/c1-4-14-12-15(5-2)17(18(20)22-23-21)19(6-3,13-14)16-10-8-7-9-11-16;;/h7-13,17H,4-6H2,1-3H3;;/q;+1;-1. The molecule has 0 fully saturated rings. The fourth-order valence-electron chi connectivity index (χ4n) is 3.58. The van der Waals surface area contributed by atoms with Crippen LogP contribution in [-0.2, 0) is 19.3 Å². The summed E-state index contributed by atoms with van der Waals surface area (Å²) in [5.74, 6) is -0.858. The Morgan fingerprint density at radius 2 is 1.88 bits per heavy atom. The topological polar surface area (TPSA) is 43.4 Å². The smallest absolute Gasteiger partial charge is 1.00 e. The zero-order chi connectivity index (χ0) is 16.9. The maximum absolute atomic E-state index is 12.6. The zero-order valence-corrected chi connectivity index (χ0v) is 15.8. The molecule has 0 saturated carbocycles. The maximum Gasteiger partial charge on any atom is 1.00 e. The molecule has 5 heteroatoms. The molecular formula is C19H24LiO3P. The molecule has 0 heterocycles. The van der Waals surface area contributed by atoms with Crippen LogP contribution in [0.15, 0.2) is 53.6 Å². The van der Waals surface area contributed by atoms with Gasteiger partial charge in [-0.25, -0.2) is 4.57 Å². The van der Waals surface area contributed by atoms with E-state index in [-0.39, 0.29) is 20.3 Å². The molecule has 1 aliphatic carbocycles. The van der Waals surface area contributed by atoms with Gasteiger partial charge in [0.05, 0.1) is 5.92 Å². The molecule has 0 radical (unpaired) electrons. The summed E-state index contributed by atoms with van der Waals surface area (Å²) >= 11 is 0. The Kier molecular flexibility index (Phi) is 8.17. The van der Waals surface area contributed by atoms with Gasteiger partial charge in [0.15, 0.2) is 0 Å². The molecule has 2 atom stereocenters. The summed E-state index contributed by atoms with van der Waals surface area (Å²) < 4.78 is 15.7. The number of hydrogen-bond donors (Lipinski definition) is 0. The van der Waals surface area contributed by atoms with Crippen LogP contribution in [-0.4, -0.2) is 5.97 Å². The van der Waals surface area contributed by atoms with Crippen molar-refractivity contribution in [1.82, 2.24) is 0 Å². The van der Waals surface area contributed by atoms with Crippen molar-refractivity contribution in [3.05, 3.63) is 59.2 Å². The Morgan fingerprint density at radius 3 is 2.38 bits per heavy atom. The number of rotatable bonds is 6. The van der Waals surface area contributed by atoms with Crippen molar-refractivity contribution < 1.29 is 34.2 Å². The number of carbonyl (C=O) groups is 1. The van der Waals surface area contributed by atoms with Gasteiger partial charge in [-0.2, -0.15) is 0 Å². The van der Waals surface area contributed by atoms with Crippen LogP contribution in [0.4, 0.5) is 0 Å². The third-order valence-electron chi connectivity index (χ3n) is 4.78. The normalized spacial score (nSPS) is 23.0. The largest absolute Gasteiger partial charge is 1.00 e. The monoisotopic (exact) mass is 338 g/mol. The van der Waals surface area contributed by atoms with E-state index < -0.39 is 26.0 Å². The van der Waals surface area contributed by atoms with E-state index in [0.717, 1.165) is 30.4 Å². The van der Waals surface area contributed by atoms with Crippen LogP contribution in [0.2, 0.25) is 0 Å². The summed E-state index contributed by atoms with van der Waals surface area (Å²) in [6.07, 6.45) is 6.76. The second-order valence-electron chi connectivity index (χ2n) is 5.82. The third kappa shape index (κ3) is 3.92. The number of carbonyl (C=O) groups excluding carboxylic acids is 1. The molecule has 0 bridgehead atoms. The predicted molar refractivity (Wildman–Crippen MR) is 93.5 cm³/mol. The van der Waals surface area contributed by atoms with Gasteiger partial charge in [-0.1, -0.05) is 74.4 Å². The van der Waals surface area contributed by atoms with Crippen LogP contribution < -0.4 is 18.9 Å². The van der Waals surface area contributed by atoms with E-state index in [1.165, 1.54) is 5.57 Å². The third-order valence-corrected chi connectivity index (χ3v) is 5.03. The van der Waals surface area contributed by atoms with Crippen molar-refractivity contribution in [1.29, 1.82) is 0 Å². The van der Waals surface area contributed by atoms with Crippen molar-refractivity contribution in [2.45, 2.75) is 45.4 Å². The van der Waals surface area contributed by atoms with Gasteiger partial charge in [-0.3, -0.25) is 4.79 Å². The van der Waals surface area contributed by atoms with Gasteiger partial charge in [-0.05, 0) is 24.8 Å². The zero-order valence-electron chi connectivity index (χ0n) is 15.9. The maximum atomic E-state index is 12.6. The molecule has 3 nitrogen and oxygen atoms in total. The van der Waals surface area contributed by atoms with Gasteiger partial charge >= 0.3 is 33.5 Å². The van der Waals surface area contributed by atoms with E-state index in [1.807, 2.05) is 25.1 Å². The van der Waals surface area contributed by atoms with Crippen LogP contribution >= 0.6 is 8.69 Å². The Balaban J connectivity index is 0.00000288. The molecular weight excluding hydrogens is 314 g/mol. The molecule has 1 aromatic rings. The minimum atomic E-state index is -0.592. The molecule has 0 amide bonds. The Bertz CT molecular complexity index is 645. The van der Waals surface area contributed by atoms with E-state index in [1.54, 1.807) is 0 Å². The fraction of sp³-hybridized carbons (Fsp3) is 0.421. The van der Waals surface area contributed by atoms with Crippen LogP contribution in [0.3, 0.4) is 0 Å². The Labute approximate surface area is 159 Å². The van der Waals surface area contributed by atoms with E-state index in [0.29, 0.717) is 0 Å². The minimum Gasteiger partial charge on any atom is -1.00 e. The van der Waals surface area contributed by atoms with Crippen LogP contribution in [0.25, 0.3) is 0 Å². The molecule has 1 aliphatic rings. The number of hydrogen-bond acceptors (Lipinski definition) is 3. The first kappa shape index (κ1) is 20.9. The first-order chi connectivity index (χ1) is 11.1. The van der Waals surface area contributed by atoms with Crippen LogP contribution in [0, 0.1) is 5.92 Å². The van der Waals surface area contributed by atoms with Gasteiger partial charge in [0.1, 0.15) is 0 Å². The number of benzene rings is 1. The van der Waals surface area contributed by atoms with E-state index in [9.17, 15) is 9.36 Å². The Morgan fingerprint density at radius 1 is 1.21 bits per heavy atom. The quantitative estimate of drug-likeness (QED) is 0.591. The van der Waals surface area contributed by atoms with Gasteiger partial charge in [0.2, 0.25) is 0 Å². The minimum absolute atomic E-state index is 0. The van der Waals surface area contributed by atoms with Crippen molar-refractivity contribution in [2.24, 2.45) is 5.92 Å². The van der Waals surface area contributed by atoms with Gasteiger partial charge in [-0.15, -0.1) is 0 Å². The van der Waals surface area contributed by atoms with Gasteiger partial charge in [0, 0.05) is 5.41 Å².